The van der Waals surface area contributed by atoms with Crippen LogP contribution in [0.25, 0.3) is 0 Å². The van der Waals surface area contributed by atoms with Gasteiger partial charge in [0, 0.05) is 0 Å². The number of phenols is 2. The summed E-state index contributed by atoms with van der Waals surface area (Å²) < 4.78 is 0. The van der Waals surface area contributed by atoms with Gasteiger partial charge < -0.3 is 10.2 Å². The van der Waals surface area contributed by atoms with E-state index < -0.39 is 11.8 Å². The minimum Gasteiger partial charge on any atom is -0.507 e. The van der Waals surface area contributed by atoms with E-state index in [4.69, 9.17) is 0 Å². The molecule has 3 aromatic carbocycles. The lowest BCUT2D eigenvalue weighted by atomic mass is 10.1. The highest BCUT2D eigenvalue weighted by Gasteiger charge is 2.11. The fourth-order valence-corrected chi connectivity index (χ4v) is 2.80. The van der Waals surface area contributed by atoms with E-state index in [9.17, 15) is 19.8 Å². The number of aromatic hydroxyl groups is 2. The number of amides is 2. The van der Waals surface area contributed by atoms with Crippen LogP contribution in [-0.2, 0) is 0 Å². The lowest BCUT2D eigenvalue weighted by Crippen LogP contribution is -2.19. The monoisotopic (exact) mass is 430 g/mol. The van der Waals surface area contributed by atoms with Crippen molar-refractivity contribution in [3.05, 3.63) is 95.1 Å². The summed E-state index contributed by atoms with van der Waals surface area (Å²) in [6, 6.07) is 19.7. The van der Waals surface area contributed by atoms with Crippen LogP contribution in [-0.4, -0.2) is 33.5 Å². The third kappa shape index (κ3) is 5.37. The number of benzene rings is 3. The van der Waals surface area contributed by atoms with Crippen LogP contribution in [0.1, 0.15) is 45.7 Å². The van der Waals surface area contributed by atoms with Gasteiger partial charge in [0.1, 0.15) is 11.5 Å². The van der Waals surface area contributed by atoms with E-state index in [-0.39, 0.29) is 22.6 Å². The summed E-state index contributed by atoms with van der Waals surface area (Å²) in [5, 5.41) is 27.7. The van der Waals surface area contributed by atoms with Crippen LogP contribution in [0.5, 0.6) is 11.5 Å². The normalized spacial score (nSPS) is 11.7. The first-order valence-corrected chi connectivity index (χ1v) is 9.73. The molecule has 3 rings (SSSR count). The van der Waals surface area contributed by atoms with Crippen LogP contribution in [0.2, 0.25) is 0 Å². The molecule has 0 atom stereocenters. The number of hydrazone groups is 2. The number of nitrogens with one attached hydrogen (secondary N) is 2. The molecule has 0 saturated heterocycles. The maximum absolute atomic E-state index is 12.2. The molecule has 0 heterocycles. The molecule has 0 radical (unpaired) electrons. The van der Waals surface area contributed by atoms with Crippen molar-refractivity contribution in [2.45, 2.75) is 13.8 Å². The average molecular weight is 430 g/mol. The van der Waals surface area contributed by atoms with Crippen molar-refractivity contribution in [1.29, 1.82) is 0 Å². The quantitative estimate of drug-likeness (QED) is 0.353. The van der Waals surface area contributed by atoms with Gasteiger partial charge in [0.05, 0.1) is 22.6 Å². The van der Waals surface area contributed by atoms with Crippen molar-refractivity contribution >= 4 is 23.2 Å². The van der Waals surface area contributed by atoms with Crippen molar-refractivity contribution in [3.8, 4) is 11.5 Å². The summed E-state index contributed by atoms with van der Waals surface area (Å²) in [5.74, 6) is -1.26. The molecule has 0 aliphatic carbocycles. The highest BCUT2D eigenvalue weighted by atomic mass is 16.3. The molecule has 0 bridgehead atoms. The fourth-order valence-electron chi connectivity index (χ4n) is 2.80. The Morgan fingerprint density at radius 2 is 0.969 bits per heavy atom. The largest absolute Gasteiger partial charge is 0.507 e. The lowest BCUT2D eigenvalue weighted by Gasteiger charge is -2.07. The van der Waals surface area contributed by atoms with Crippen molar-refractivity contribution < 1.29 is 19.8 Å². The van der Waals surface area contributed by atoms with Crippen molar-refractivity contribution in [2.75, 3.05) is 0 Å². The van der Waals surface area contributed by atoms with E-state index in [1.165, 1.54) is 24.3 Å². The first-order valence-electron chi connectivity index (χ1n) is 9.73. The minimum absolute atomic E-state index is 0.119. The van der Waals surface area contributed by atoms with Crippen LogP contribution >= 0.6 is 0 Å². The summed E-state index contributed by atoms with van der Waals surface area (Å²) in [7, 11) is 0. The van der Waals surface area contributed by atoms with Crippen LogP contribution in [0.4, 0.5) is 0 Å². The zero-order valence-corrected chi connectivity index (χ0v) is 17.5. The number of phenolic OH excluding ortho intramolecular Hbond substituents is 2. The summed E-state index contributed by atoms with van der Waals surface area (Å²) in [4.78, 5) is 24.3. The molecule has 0 unspecified atom stereocenters. The van der Waals surface area contributed by atoms with Crippen molar-refractivity contribution in [3.63, 3.8) is 0 Å². The molecule has 0 aliphatic rings. The fraction of sp³-hybridized carbons (Fsp3) is 0.0833. The first kappa shape index (κ1) is 22.2. The van der Waals surface area contributed by atoms with E-state index in [1.54, 1.807) is 38.1 Å². The van der Waals surface area contributed by atoms with Crippen molar-refractivity contribution in [2.24, 2.45) is 10.2 Å². The van der Waals surface area contributed by atoms with Gasteiger partial charge in [-0.1, -0.05) is 48.5 Å². The Hall–Kier alpha value is -4.46. The van der Waals surface area contributed by atoms with E-state index in [0.717, 1.165) is 11.1 Å². The first-order chi connectivity index (χ1) is 15.4. The summed E-state index contributed by atoms with van der Waals surface area (Å²) in [6.45, 7) is 3.49. The molecule has 2 amide bonds. The number of rotatable bonds is 6. The molecule has 0 aliphatic heterocycles. The number of hydrogen-bond acceptors (Lipinski definition) is 6. The third-order valence-corrected chi connectivity index (χ3v) is 4.67. The average Bonchev–Trinajstić information content (AvgIpc) is 2.81. The molecule has 0 fully saturated rings. The maximum Gasteiger partial charge on any atom is 0.275 e. The smallest absolute Gasteiger partial charge is 0.275 e. The number of carbonyl (C=O) groups is 2. The van der Waals surface area contributed by atoms with Gasteiger partial charge in [-0.3, -0.25) is 9.59 Å². The maximum atomic E-state index is 12.2. The summed E-state index contributed by atoms with van der Waals surface area (Å²) in [5.41, 5.74) is 7.82. The van der Waals surface area contributed by atoms with Gasteiger partial charge in [0.2, 0.25) is 0 Å². The summed E-state index contributed by atoms with van der Waals surface area (Å²) in [6.07, 6.45) is 0. The molecule has 0 saturated carbocycles. The van der Waals surface area contributed by atoms with Gasteiger partial charge in [-0.25, -0.2) is 10.9 Å². The third-order valence-electron chi connectivity index (χ3n) is 4.67. The molecule has 4 N–H and O–H groups in total. The number of nitrogens with zero attached hydrogens (tertiary/aromatic N) is 2. The Morgan fingerprint density at radius 1 is 0.625 bits per heavy atom. The zero-order valence-electron chi connectivity index (χ0n) is 17.5. The highest BCUT2D eigenvalue weighted by molar-refractivity contribution is 6.04. The van der Waals surface area contributed by atoms with E-state index in [1.807, 2.05) is 24.3 Å². The second-order valence-electron chi connectivity index (χ2n) is 6.89. The highest BCUT2D eigenvalue weighted by Crippen LogP contribution is 2.16. The molecule has 8 heteroatoms. The van der Waals surface area contributed by atoms with Gasteiger partial charge >= 0.3 is 0 Å². The Morgan fingerprint density at radius 3 is 1.31 bits per heavy atom. The van der Waals surface area contributed by atoms with Crippen LogP contribution in [0, 0.1) is 0 Å². The predicted octanol–water partition coefficient (Wildman–Crippen LogP) is 3.41. The number of carbonyl (C=O) groups excluding carboxylic acids is 2. The van der Waals surface area contributed by atoms with Crippen LogP contribution in [0.15, 0.2) is 83.0 Å². The van der Waals surface area contributed by atoms with Gasteiger partial charge in [-0.2, -0.15) is 10.2 Å². The van der Waals surface area contributed by atoms with Crippen molar-refractivity contribution in [1.82, 2.24) is 10.9 Å². The molecular formula is C24H22N4O4. The van der Waals surface area contributed by atoms with Crippen LogP contribution < -0.4 is 10.9 Å². The van der Waals surface area contributed by atoms with E-state index in [0.29, 0.717) is 11.4 Å². The van der Waals surface area contributed by atoms with E-state index >= 15 is 0 Å². The number of para-hydroxylation sites is 2. The van der Waals surface area contributed by atoms with Gasteiger partial charge in [0.25, 0.3) is 11.8 Å². The Balaban J connectivity index is 1.64. The molecule has 8 nitrogen and oxygen atoms in total. The summed E-state index contributed by atoms with van der Waals surface area (Å²) >= 11 is 0. The molecule has 3 aromatic rings. The Kier molecular flexibility index (Phi) is 6.97. The standard InChI is InChI=1S/C24H22N4O4/c1-15(25-27-23(31)19-7-3-5-9-21(19)29)17-11-13-18(14-12-17)16(2)26-28-24(32)20-8-4-6-10-22(20)30/h3-14,29-30H,1-2H3,(H,27,31)(H,28,32). The zero-order chi connectivity index (χ0) is 23.1. The lowest BCUT2D eigenvalue weighted by molar-refractivity contribution is 0.0943. The number of hydrogen-bond donors (Lipinski definition) is 4. The van der Waals surface area contributed by atoms with Gasteiger partial charge in [-0.15, -0.1) is 0 Å². The molecule has 0 aromatic heterocycles. The van der Waals surface area contributed by atoms with Crippen LogP contribution in [0.3, 0.4) is 0 Å². The van der Waals surface area contributed by atoms with Gasteiger partial charge in [0.15, 0.2) is 0 Å². The molecule has 32 heavy (non-hydrogen) atoms. The molecule has 0 spiro atoms. The topological polar surface area (TPSA) is 123 Å². The predicted molar refractivity (Wildman–Crippen MR) is 122 cm³/mol. The minimum atomic E-state index is -0.512. The second kappa shape index (κ2) is 10.0. The Labute approximate surface area is 184 Å². The molecule has 162 valence electrons. The van der Waals surface area contributed by atoms with Gasteiger partial charge in [-0.05, 0) is 49.2 Å². The second-order valence-corrected chi connectivity index (χ2v) is 6.89. The molecular weight excluding hydrogens is 408 g/mol. The SMILES string of the molecule is CC(=NNC(=O)c1ccccc1O)c1ccc(C(C)=NNC(=O)c2ccccc2O)cc1. The Bertz CT molecular complexity index is 1110. The van der Waals surface area contributed by atoms with E-state index in [2.05, 4.69) is 21.1 Å².